The molecule has 1 aliphatic rings. The molecule has 1 aliphatic heterocycles. The molecule has 0 aromatic heterocycles. The van der Waals surface area contributed by atoms with Crippen LogP contribution in [0.1, 0.15) is 31.7 Å². The highest BCUT2D eigenvalue weighted by Gasteiger charge is 2.20. The number of piperidine rings is 1. The van der Waals surface area contributed by atoms with Gasteiger partial charge in [-0.15, -0.1) is 0 Å². The number of hydrogen-bond acceptors (Lipinski definition) is 2. The van der Waals surface area contributed by atoms with E-state index in [0.717, 1.165) is 26.2 Å². The van der Waals surface area contributed by atoms with E-state index in [1.165, 1.54) is 18.4 Å². The van der Waals surface area contributed by atoms with Gasteiger partial charge in [0.2, 0.25) is 5.91 Å². The lowest BCUT2D eigenvalue weighted by Crippen LogP contribution is -2.36. The lowest BCUT2D eigenvalue weighted by Gasteiger charge is -2.26. The molecule has 0 radical (unpaired) electrons. The van der Waals surface area contributed by atoms with E-state index in [9.17, 15) is 4.79 Å². The third-order valence-corrected chi connectivity index (χ3v) is 3.81. The third kappa shape index (κ3) is 4.35. The number of rotatable bonds is 5. The van der Waals surface area contributed by atoms with Crippen LogP contribution in [0.15, 0.2) is 30.3 Å². The Hall–Kier alpha value is -1.35. The van der Waals surface area contributed by atoms with Crippen LogP contribution >= 0.6 is 0 Å². The van der Waals surface area contributed by atoms with Gasteiger partial charge < -0.3 is 10.2 Å². The molecule has 104 valence electrons. The molecule has 1 aromatic rings. The van der Waals surface area contributed by atoms with E-state index in [1.807, 2.05) is 23.1 Å². The molecule has 1 heterocycles. The molecule has 19 heavy (non-hydrogen) atoms. The first kappa shape index (κ1) is 14.1. The maximum Gasteiger partial charge on any atom is 0.223 e. The lowest BCUT2D eigenvalue weighted by molar-refractivity contribution is -0.132. The largest absolute Gasteiger partial charge is 0.339 e. The Morgan fingerprint density at radius 3 is 2.79 bits per heavy atom. The van der Waals surface area contributed by atoms with Crippen molar-refractivity contribution in [1.82, 2.24) is 10.2 Å². The molecule has 2 rings (SSSR count). The summed E-state index contributed by atoms with van der Waals surface area (Å²) in [4.78, 5) is 14.3. The molecule has 1 fully saturated rings. The molecule has 3 nitrogen and oxygen atoms in total. The Labute approximate surface area is 116 Å². The number of carbonyl (C=O) groups is 1. The monoisotopic (exact) mass is 260 g/mol. The SMILES string of the molecule is CCN(Cc1ccccc1)C(=O)CC1CCCNC1. The van der Waals surface area contributed by atoms with Crippen molar-refractivity contribution in [3.8, 4) is 0 Å². The number of hydrogen-bond donors (Lipinski definition) is 1. The molecular weight excluding hydrogens is 236 g/mol. The minimum absolute atomic E-state index is 0.292. The minimum Gasteiger partial charge on any atom is -0.339 e. The Morgan fingerprint density at radius 2 is 2.16 bits per heavy atom. The van der Waals surface area contributed by atoms with E-state index in [0.29, 0.717) is 18.2 Å². The van der Waals surface area contributed by atoms with Crippen LogP contribution in [0.4, 0.5) is 0 Å². The lowest BCUT2D eigenvalue weighted by atomic mass is 9.95. The number of benzene rings is 1. The van der Waals surface area contributed by atoms with Crippen LogP contribution in [0, 0.1) is 5.92 Å². The van der Waals surface area contributed by atoms with Crippen molar-refractivity contribution in [3.63, 3.8) is 0 Å². The summed E-state index contributed by atoms with van der Waals surface area (Å²) in [6.07, 6.45) is 3.07. The zero-order valence-electron chi connectivity index (χ0n) is 11.8. The van der Waals surface area contributed by atoms with E-state index in [2.05, 4.69) is 24.4 Å². The molecule has 0 bridgehead atoms. The summed E-state index contributed by atoms with van der Waals surface area (Å²) >= 11 is 0. The van der Waals surface area contributed by atoms with Crippen LogP contribution in [-0.2, 0) is 11.3 Å². The second-order valence-corrected chi connectivity index (χ2v) is 5.31. The van der Waals surface area contributed by atoms with Crippen molar-refractivity contribution in [3.05, 3.63) is 35.9 Å². The van der Waals surface area contributed by atoms with Gasteiger partial charge in [-0.1, -0.05) is 30.3 Å². The average molecular weight is 260 g/mol. The fraction of sp³-hybridized carbons (Fsp3) is 0.562. The van der Waals surface area contributed by atoms with Crippen molar-refractivity contribution in [2.75, 3.05) is 19.6 Å². The number of nitrogens with one attached hydrogen (secondary N) is 1. The van der Waals surface area contributed by atoms with Crippen LogP contribution in [0.3, 0.4) is 0 Å². The third-order valence-electron chi connectivity index (χ3n) is 3.81. The molecule has 1 aromatic carbocycles. The van der Waals surface area contributed by atoms with Crippen LogP contribution < -0.4 is 5.32 Å². The van der Waals surface area contributed by atoms with Crippen LogP contribution in [0.5, 0.6) is 0 Å². The normalized spacial score (nSPS) is 19.1. The molecule has 3 heteroatoms. The summed E-state index contributed by atoms with van der Waals surface area (Å²) in [7, 11) is 0. The predicted octanol–water partition coefficient (Wildman–Crippen LogP) is 2.42. The zero-order valence-corrected chi connectivity index (χ0v) is 11.8. The van der Waals surface area contributed by atoms with Gasteiger partial charge in [0.1, 0.15) is 0 Å². The molecule has 1 atom stereocenters. The number of carbonyl (C=O) groups excluding carboxylic acids is 1. The fourth-order valence-corrected chi connectivity index (χ4v) is 2.65. The maximum atomic E-state index is 12.3. The highest BCUT2D eigenvalue weighted by Crippen LogP contribution is 2.16. The summed E-state index contributed by atoms with van der Waals surface area (Å²) in [5.41, 5.74) is 1.21. The van der Waals surface area contributed by atoms with Gasteiger partial charge in [-0.05, 0) is 44.3 Å². The van der Waals surface area contributed by atoms with E-state index in [1.54, 1.807) is 0 Å². The predicted molar refractivity (Wildman–Crippen MR) is 77.7 cm³/mol. The van der Waals surface area contributed by atoms with Gasteiger partial charge in [-0.2, -0.15) is 0 Å². The van der Waals surface area contributed by atoms with Crippen molar-refractivity contribution in [2.45, 2.75) is 32.7 Å². The molecule has 1 amide bonds. The average Bonchev–Trinajstić information content (AvgIpc) is 2.47. The summed E-state index contributed by atoms with van der Waals surface area (Å²) in [5.74, 6) is 0.811. The van der Waals surface area contributed by atoms with Crippen LogP contribution in [0.25, 0.3) is 0 Å². The molecule has 1 saturated heterocycles. The van der Waals surface area contributed by atoms with Crippen LogP contribution in [-0.4, -0.2) is 30.4 Å². The molecule has 0 saturated carbocycles. The van der Waals surface area contributed by atoms with Gasteiger partial charge in [0.05, 0.1) is 0 Å². The summed E-state index contributed by atoms with van der Waals surface area (Å²) in [5, 5.41) is 3.38. The summed E-state index contributed by atoms with van der Waals surface area (Å²) < 4.78 is 0. The van der Waals surface area contributed by atoms with Gasteiger partial charge in [-0.25, -0.2) is 0 Å². The van der Waals surface area contributed by atoms with Crippen molar-refractivity contribution in [1.29, 1.82) is 0 Å². The molecule has 0 aliphatic carbocycles. The van der Waals surface area contributed by atoms with E-state index in [4.69, 9.17) is 0 Å². The van der Waals surface area contributed by atoms with Crippen molar-refractivity contribution >= 4 is 5.91 Å². The zero-order chi connectivity index (χ0) is 13.5. The van der Waals surface area contributed by atoms with Crippen molar-refractivity contribution < 1.29 is 4.79 Å². The Bertz CT molecular complexity index is 385. The quantitative estimate of drug-likeness (QED) is 0.882. The minimum atomic E-state index is 0.292. The smallest absolute Gasteiger partial charge is 0.223 e. The standard InChI is InChI=1S/C16H24N2O/c1-2-18(13-14-7-4-3-5-8-14)16(19)11-15-9-6-10-17-12-15/h3-5,7-8,15,17H,2,6,9-13H2,1H3. The first-order chi connectivity index (χ1) is 9.29. The second kappa shape index (κ2) is 7.29. The molecule has 0 spiro atoms. The Kier molecular flexibility index (Phi) is 5.40. The first-order valence-electron chi connectivity index (χ1n) is 7.32. The highest BCUT2D eigenvalue weighted by molar-refractivity contribution is 5.76. The second-order valence-electron chi connectivity index (χ2n) is 5.31. The summed E-state index contributed by atoms with van der Waals surface area (Å²) in [6.45, 7) is 5.67. The van der Waals surface area contributed by atoms with E-state index < -0.39 is 0 Å². The Balaban J connectivity index is 1.87. The maximum absolute atomic E-state index is 12.3. The van der Waals surface area contributed by atoms with E-state index >= 15 is 0 Å². The van der Waals surface area contributed by atoms with Gasteiger partial charge in [-0.3, -0.25) is 4.79 Å². The Morgan fingerprint density at radius 1 is 1.37 bits per heavy atom. The topological polar surface area (TPSA) is 32.3 Å². The van der Waals surface area contributed by atoms with E-state index in [-0.39, 0.29) is 0 Å². The van der Waals surface area contributed by atoms with Crippen molar-refractivity contribution in [2.24, 2.45) is 5.92 Å². The fourth-order valence-electron chi connectivity index (χ4n) is 2.65. The highest BCUT2D eigenvalue weighted by atomic mass is 16.2. The van der Waals surface area contributed by atoms with Crippen LogP contribution in [0.2, 0.25) is 0 Å². The van der Waals surface area contributed by atoms with Gasteiger partial charge in [0.15, 0.2) is 0 Å². The van der Waals surface area contributed by atoms with Gasteiger partial charge >= 0.3 is 0 Å². The first-order valence-corrected chi connectivity index (χ1v) is 7.32. The summed E-state index contributed by atoms with van der Waals surface area (Å²) in [6, 6.07) is 10.2. The molecule has 1 N–H and O–H groups in total. The molecular formula is C16H24N2O. The molecule has 1 unspecified atom stereocenters. The number of nitrogens with zero attached hydrogens (tertiary/aromatic N) is 1. The van der Waals surface area contributed by atoms with Gasteiger partial charge in [0, 0.05) is 19.5 Å². The van der Waals surface area contributed by atoms with Gasteiger partial charge in [0.25, 0.3) is 0 Å². The number of amides is 1.